The van der Waals surface area contributed by atoms with Crippen LogP contribution in [-0.4, -0.2) is 62.0 Å². The molecule has 1 aromatic rings. The number of hydrogen-bond acceptors (Lipinski definition) is 4. The average molecular weight is 415 g/mol. The summed E-state index contributed by atoms with van der Waals surface area (Å²) in [7, 11) is 3.30. The lowest BCUT2D eigenvalue weighted by atomic mass is 9.86. The van der Waals surface area contributed by atoms with Crippen molar-refractivity contribution in [1.29, 1.82) is 0 Å². The molecule has 2 amide bonds. The summed E-state index contributed by atoms with van der Waals surface area (Å²) < 4.78 is 11.1. The van der Waals surface area contributed by atoms with E-state index in [9.17, 15) is 9.59 Å². The summed E-state index contributed by atoms with van der Waals surface area (Å²) in [6, 6.07) is 5.75. The Morgan fingerprint density at radius 3 is 2.27 bits per heavy atom. The molecule has 0 aromatic heterocycles. The SMILES string of the molecule is COc1ccc(OC)c([C@H]2CN(C(=O)C3CCCC3)C[C@@H]2C(=O)N2CCCCC2)c1. The van der Waals surface area contributed by atoms with E-state index < -0.39 is 0 Å². The summed E-state index contributed by atoms with van der Waals surface area (Å²) in [4.78, 5) is 30.7. The highest BCUT2D eigenvalue weighted by molar-refractivity contribution is 5.84. The van der Waals surface area contributed by atoms with Crippen LogP contribution in [-0.2, 0) is 9.59 Å². The van der Waals surface area contributed by atoms with Crippen molar-refractivity contribution in [2.45, 2.75) is 50.9 Å². The highest BCUT2D eigenvalue weighted by atomic mass is 16.5. The molecule has 0 unspecified atom stereocenters. The van der Waals surface area contributed by atoms with Crippen molar-refractivity contribution < 1.29 is 19.1 Å². The molecule has 30 heavy (non-hydrogen) atoms. The van der Waals surface area contributed by atoms with Crippen molar-refractivity contribution in [3.63, 3.8) is 0 Å². The van der Waals surface area contributed by atoms with Gasteiger partial charge in [0, 0.05) is 43.6 Å². The monoisotopic (exact) mass is 414 g/mol. The van der Waals surface area contributed by atoms with Crippen molar-refractivity contribution >= 4 is 11.8 Å². The molecule has 2 saturated heterocycles. The second-order valence-corrected chi connectivity index (χ2v) is 8.93. The third-order valence-corrected chi connectivity index (χ3v) is 7.16. The normalized spacial score (nSPS) is 24.9. The Morgan fingerprint density at radius 2 is 1.60 bits per heavy atom. The standard InChI is InChI=1S/C24H34N2O4/c1-29-18-10-11-22(30-2)19(14-18)20-15-26(23(27)17-8-4-5-9-17)16-21(20)24(28)25-12-6-3-7-13-25/h10-11,14,17,20-21H,3-9,12-13,15-16H2,1-2H3/t20-,21+/m1/s1. The lowest BCUT2D eigenvalue weighted by Crippen LogP contribution is -2.42. The molecule has 3 aliphatic rings. The quantitative estimate of drug-likeness (QED) is 0.741. The van der Waals surface area contributed by atoms with Crippen LogP contribution < -0.4 is 9.47 Å². The zero-order chi connectivity index (χ0) is 21.1. The van der Waals surface area contributed by atoms with Crippen molar-refractivity contribution in [1.82, 2.24) is 9.80 Å². The van der Waals surface area contributed by atoms with Gasteiger partial charge in [-0.2, -0.15) is 0 Å². The van der Waals surface area contributed by atoms with Crippen LogP contribution in [0.1, 0.15) is 56.4 Å². The van der Waals surface area contributed by atoms with Gasteiger partial charge in [0.2, 0.25) is 11.8 Å². The van der Waals surface area contributed by atoms with Crippen molar-refractivity contribution in [3.05, 3.63) is 23.8 Å². The van der Waals surface area contributed by atoms with Gasteiger partial charge in [-0.15, -0.1) is 0 Å². The molecule has 1 saturated carbocycles. The molecule has 6 heteroatoms. The molecule has 1 aliphatic carbocycles. The molecule has 2 aliphatic heterocycles. The molecule has 2 atom stereocenters. The molecule has 2 heterocycles. The fourth-order valence-corrected chi connectivity index (χ4v) is 5.46. The number of hydrogen-bond donors (Lipinski definition) is 0. The summed E-state index contributed by atoms with van der Waals surface area (Å²) in [5, 5.41) is 0. The molecular weight excluding hydrogens is 380 g/mol. The molecule has 4 rings (SSSR count). The first-order valence-electron chi connectivity index (χ1n) is 11.4. The second-order valence-electron chi connectivity index (χ2n) is 8.93. The Labute approximate surface area is 179 Å². The van der Waals surface area contributed by atoms with Crippen LogP contribution in [0.25, 0.3) is 0 Å². The first-order valence-corrected chi connectivity index (χ1v) is 11.4. The summed E-state index contributed by atoms with van der Waals surface area (Å²) in [6.07, 6.45) is 7.54. The van der Waals surface area contributed by atoms with Crippen LogP contribution in [0.4, 0.5) is 0 Å². The van der Waals surface area contributed by atoms with E-state index in [2.05, 4.69) is 0 Å². The van der Waals surface area contributed by atoms with Gasteiger partial charge in [0.1, 0.15) is 11.5 Å². The topological polar surface area (TPSA) is 59.1 Å². The molecule has 0 N–H and O–H groups in total. The molecule has 1 aromatic carbocycles. The van der Waals surface area contributed by atoms with Crippen LogP contribution in [0.2, 0.25) is 0 Å². The number of likely N-dealkylation sites (tertiary alicyclic amines) is 2. The third kappa shape index (κ3) is 4.14. The molecule has 3 fully saturated rings. The van der Waals surface area contributed by atoms with Gasteiger partial charge in [-0.25, -0.2) is 0 Å². The molecule has 6 nitrogen and oxygen atoms in total. The highest BCUT2D eigenvalue weighted by Crippen LogP contribution is 2.41. The number of carbonyl (C=O) groups excluding carboxylic acids is 2. The van der Waals surface area contributed by atoms with Crippen LogP contribution in [0.15, 0.2) is 18.2 Å². The van der Waals surface area contributed by atoms with Crippen LogP contribution in [0, 0.1) is 11.8 Å². The van der Waals surface area contributed by atoms with E-state index in [1.54, 1.807) is 14.2 Å². The summed E-state index contributed by atoms with van der Waals surface area (Å²) in [6.45, 7) is 2.74. The van der Waals surface area contributed by atoms with Crippen molar-refractivity contribution in [2.75, 3.05) is 40.4 Å². The molecule has 0 radical (unpaired) electrons. The number of methoxy groups -OCH3 is 2. The molecular formula is C24H34N2O4. The van der Waals surface area contributed by atoms with Gasteiger partial charge in [-0.05, 0) is 50.3 Å². The predicted octanol–water partition coefficient (Wildman–Crippen LogP) is 3.45. The number of rotatable bonds is 5. The van der Waals surface area contributed by atoms with Gasteiger partial charge in [-0.3, -0.25) is 9.59 Å². The zero-order valence-corrected chi connectivity index (χ0v) is 18.3. The highest BCUT2D eigenvalue weighted by Gasteiger charge is 2.44. The van der Waals surface area contributed by atoms with E-state index in [-0.39, 0.29) is 29.6 Å². The zero-order valence-electron chi connectivity index (χ0n) is 18.3. The van der Waals surface area contributed by atoms with Crippen LogP contribution in [0.3, 0.4) is 0 Å². The summed E-state index contributed by atoms with van der Waals surface area (Å²) in [5.41, 5.74) is 0.967. The van der Waals surface area contributed by atoms with E-state index in [1.807, 2.05) is 28.0 Å². The fourth-order valence-electron chi connectivity index (χ4n) is 5.46. The maximum absolute atomic E-state index is 13.5. The maximum atomic E-state index is 13.5. The van der Waals surface area contributed by atoms with E-state index in [0.29, 0.717) is 13.1 Å². The Kier molecular flexibility index (Phi) is 6.49. The Morgan fingerprint density at radius 1 is 0.867 bits per heavy atom. The lowest BCUT2D eigenvalue weighted by molar-refractivity contribution is -0.137. The van der Waals surface area contributed by atoms with Crippen molar-refractivity contribution in [3.8, 4) is 11.5 Å². The van der Waals surface area contributed by atoms with Crippen molar-refractivity contribution in [2.24, 2.45) is 11.8 Å². The molecule has 0 spiro atoms. The summed E-state index contributed by atoms with van der Waals surface area (Å²) in [5.74, 6) is 1.74. The van der Waals surface area contributed by atoms with Gasteiger partial charge in [0.15, 0.2) is 0 Å². The minimum Gasteiger partial charge on any atom is -0.497 e. The Balaban J connectivity index is 1.64. The molecule has 0 bridgehead atoms. The minimum absolute atomic E-state index is 0.0742. The average Bonchev–Trinajstić information content (AvgIpc) is 3.49. The first-order chi connectivity index (χ1) is 14.6. The number of amides is 2. The number of carbonyl (C=O) groups is 2. The number of nitrogens with zero attached hydrogens (tertiary/aromatic N) is 2. The largest absolute Gasteiger partial charge is 0.497 e. The van der Waals surface area contributed by atoms with Gasteiger partial charge < -0.3 is 19.3 Å². The lowest BCUT2D eigenvalue weighted by Gasteiger charge is -2.31. The minimum atomic E-state index is -0.227. The van der Waals surface area contributed by atoms with E-state index in [1.165, 1.54) is 6.42 Å². The fraction of sp³-hybridized carbons (Fsp3) is 0.667. The summed E-state index contributed by atoms with van der Waals surface area (Å²) >= 11 is 0. The second kappa shape index (κ2) is 9.27. The smallest absolute Gasteiger partial charge is 0.228 e. The van der Waals surface area contributed by atoms with Crippen LogP contribution in [0.5, 0.6) is 11.5 Å². The first kappa shape index (κ1) is 21.0. The Hall–Kier alpha value is -2.24. The number of ether oxygens (including phenoxy) is 2. The van der Waals surface area contributed by atoms with Gasteiger partial charge in [-0.1, -0.05) is 12.8 Å². The predicted molar refractivity (Wildman–Crippen MR) is 115 cm³/mol. The maximum Gasteiger partial charge on any atom is 0.228 e. The Bertz CT molecular complexity index is 768. The number of piperidine rings is 1. The van der Waals surface area contributed by atoms with E-state index >= 15 is 0 Å². The van der Waals surface area contributed by atoms with E-state index in [0.717, 1.165) is 68.7 Å². The third-order valence-electron chi connectivity index (χ3n) is 7.16. The van der Waals surface area contributed by atoms with E-state index in [4.69, 9.17) is 9.47 Å². The van der Waals surface area contributed by atoms with Gasteiger partial charge in [0.05, 0.1) is 20.1 Å². The van der Waals surface area contributed by atoms with Gasteiger partial charge >= 0.3 is 0 Å². The molecule has 164 valence electrons. The van der Waals surface area contributed by atoms with Crippen LogP contribution >= 0.6 is 0 Å². The number of benzene rings is 1. The van der Waals surface area contributed by atoms with Gasteiger partial charge in [0.25, 0.3) is 0 Å².